The van der Waals surface area contributed by atoms with Gasteiger partial charge in [-0.05, 0) is 13.1 Å². The number of rotatable bonds is 3. The van der Waals surface area contributed by atoms with Crippen LogP contribution in [0.15, 0.2) is 24.7 Å². The summed E-state index contributed by atoms with van der Waals surface area (Å²) in [5.74, 6) is -0.371. The summed E-state index contributed by atoms with van der Waals surface area (Å²) in [4.78, 5) is 3.73. The number of nitrogens with one attached hydrogen (secondary N) is 1. The van der Waals surface area contributed by atoms with Crippen LogP contribution in [0.5, 0.6) is 0 Å². The van der Waals surface area contributed by atoms with Crippen LogP contribution in [0.1, 0.15) is 17.3 Å². The van der Waals surface area contributed by atoms with Crippen molar-refractivity contribution in [1.29, 1.82) is 0 Å². The Labute approximate surface area is 103 Å². The Balaban J connectivity index is 2.52. The molecule has 1 N–H and O–H groups in total. The Hall–Kier alpha value is -1.46. The third-order valence-electron chi connectivity index (χ3n) is 2.61. The second-order valence-electron chi connectivity index (χ2n) is 3.62. The van der Waals surface area contributed by atoms with E-state index in [4.69, 9.17) is 11.6 Å². The third-order valence-corrected chi connectivity index (χ3v) is 2.91. The van der Waals surface area contributed by atoms with Gasteiger partial charge in [-0.2, -0.15) is 5.10 Å². The van der Waals surface area contributed by atoms with E-state index in [2.05, 4.69) is 15.4 Å². The number of aromatic nitrogens is 3. The van der Waals surface area contributed by atoms with Crippen molar-refractivity contribution < 1.29 is 4.39 Å². The molecule has 0 aliphatic heterocycles. The van der Waals surface area contributed by atoms with Gasteiger partial charge in [0.05, 0.1) is 29.2 Å². The lowest BCUT2D eigenvalue weighted by Crippen LogP contribution is -2.22. The fourth-order valence-corrected chi connectivity index (χ4v) is 2.08. The molecule has 2 heterocycles. The monoisotopic (exact) mass is 254 g/mol. The van der Waals surface area contributed by atoms with Crippen molar-refractivity contribution in [3.8, 4) is 0 Å². The van der Waals surface area contributed by atoms with E-state index in [1.807, 2.05) is 0 Å². The topological polar surface area (TPSA) is 42.7 Å². The molecule has 2 rings (SSSR count). The molecule has 6 heteroatoms. The summed E-state index contributed by atoms with van der Waals surface area (Å²) < 4.78 is 15.3. The highest BCUT2D eigenvalue weighted by Crippen LogP contribution is 2.28. The molecule has 4 nitrogen and oxygen atoms in total. The van der Waals surface area contributed by atoms with E-state index in [0.29, 0.717) is 10.6 Å². The third kappa shape index (κ3) is 2.16. The molecular formula is C11H12ClFN4. The van der Waals surface area contributed by atoms with Gasteiger partial charge < -0.3 is 5.32 Å². The molecule has 0 bridgehead atoms. The van der Waals surface area contributed by atoms with Crippen molar-refractivity contribution in [3.05, 3.63) is 46.8 Å². The van der Waals surface area contributed by atoms with E-state index < -0.39 is 0 Å². The summed E-state index contributed by atoms with van der Waals surface area (Å²) in [6.45, 7) is 0. The highest BCUT2D eigenvalue weighted by molar-refractivity contribution is 6.31. The highest BCUT2D eigenvalue weighted by Gasteiger charge is 2.22. The fraction of sp³-hybridized carbons (Fsp3) is 0.273. The van der Waals surface area contributed by atoms with Crippen LogP contribution in [0.3, 0.4) is 0 Å². The fourth-order valence-electron chi connectivity index (χ4n) is 1.80. The van der Waals surface area contributed by atoms with E-state index >= 15 is 0 Å². The number of hydrogen-bond acceptors (Lipinski definition) is 3. The number of hydrogen-bond donors (Lipinski definition) is 1. The largest absolute Gasteiger partial charge is 0.308 e. The van der Waals surface area contributed by atoms with Crippen LogP contribution >= 0.6 is 11.6 Å². The summed E-state index contributed by atoms with van der Waals surface area (Å²) in [6.07, 6.45) is 4.28. The van der Waals surface area contributed by atoms with E-state index in [1.54, 1.807) is 37.2 Å². The van der Waals surface area contributed by atoms with Gasteiger partial charge in [0.1, 0.15) is 5.82 Å². The van der Waals surface area contributed by atoms with E-state index in [0.717, 1.165) is 5.69 Å². The van der Waals surface area contributed by atoms with Crippen molar-refractivity contribution in [3.63, 3.8) is 0 Å². The van der Waals surface area contributed by atoms with Crippen molar-refractivity contribution in [2.75, 3.05) is 7.05 Å². The van der Waals surface area contributed by atoms with E-state index in [-0.39, 0.29) is 11.9 Å². The molecule has 0 spiro atoms. The summed E-state index contributed by atoms with van der Waals surface area (Å²) >= 11 is 6.06. The Bertz CT molecular complexity index is 506. The predicted octanol–water partition coefficient (Wildman–Crippen LogP) is 1.92. The first-order valence-electron chi connectivity index (χ1n) is 5.09. The minimum absolute atomic E-state index is 0.349. The Morgan fingerprint density at radius 2 is 2.24 bits per heavy atom. The van der Waals surface area contributed by atoms with Gasteiger partial charge in [-0.25, -0.2) is 4.39 Å². The lowest BCUT2D eigenvalue weighted by Gasteiger charge is -2.18. The number of aryl methyl sites for hydroxylation is 1. The zero-order valence-electron chi connectivity index (χ0n) is 9.48. The van der Waals surface area contributed by atoms with Crippen LogP contribution < -0.4 is 5.32 Å². The minimum atomic E-state index is -0.371. The first kappa shape index (κ1) is 12.0. The predicted molar refractivity (Wildman–Crippen MR) is 63.3 cm³/mol. The van der Waals surface area contributed by atoms with Gasteiger partial charge in [0.25, 0.3) is 0 Å². The molecule has 1 unspecified atom stereocenters. The van der Waals surface area contributed by atoms with Crippen molar-refractivity contribution in [2.45, 2.75) is 6.04 Å². The van der Waals surface area contributed by atoms with Crippen molar-refractivity contribution >= 4 is 11.6 Å². The Morgan fingerprint density at radius 3 is 2.76 bits per heavy atom. The lowest BCUT2D eigenvalue weighted by molar-refractivity contribution is 0.548. The normalized spacial score (nSPS) is 12.7. The molecule has 0 saturated carbocycles. The second kappa shape index (κ2) is 4.81. The maximum Gasteiger partial charge on any atom is 0.146 e. The summed E-state index contributed by atoms with van der Waals surface area (Å²) in [6, 6.07) is 1.28. The highest BCUT2D eigenvalue weighted by atomic mass is 35.5. The van der Waals surface area contributed by atoms with Crippen molar-refractivity contribution in [1.82, 2.24) is 20.1 Å². The summed E-state index contributed by atoms with van der Waals surface area (Å²) in [7, 11) is 3.51. The molecule has 0 aromatic carbocycles. The minimum Gasteiger partial charge on any atom is -0.308 e. The average molecular weight is 255 g/mol. The average Bonchev–Trinajstić information content (AvgIpc) is 2.64. The Morgan fingerprint density at radius 1 is 1.47 bits per heavy atom. The second-order valence-corrected chi connectivity index (χ2v) is 4.03. The molecule has 0 fully saturated rings. The molecule has 2 aromatic heterocycles. The number of halogens is 2. The molecule has 2 aromatic rings. The van der Waals surface area contributed by atoms with Gasteiger partial charge in [-0.3, -0.25) is 9.67 Å². The van der Waals surface area contributed by atoms with Crippen LogP contribution in [0.2, 0.25) is 5.02 Å². The molecule has 90 valence electrons. The Kier molecular flexibility index (Phi) is 3.40. The molecule has 0 aliphatic carbocycles. The van der Waals surface area contributed by atoms with Crippen LogP contribution in [0.25, 0.3) is 0 Å². The first-order valence-corrected chi connectivity index (χ1v) is 5.47. The number of nitrogens with zero attached hydrogens (tertiary/aromatic N) is 3. The van der Waals surface area contributed by atoms with Gasteiger partial charge in [-0.15, -0.1) is 0 Å². The molecule has 1 atom stereocenters. The molecular weight excluding hydrogens is 243 g/mol. The molecule has 0 amide bonds. The van der Waals surface area contributed by atoms with Gasteiger partial charge in [0.15, 0.2) is 0 Å². The maximum absolute atomic E-state index is 13.7. The summed E-state index contributed by atoms with van der Waals surface area (Å²) in [5, 5.41) is 7.58. The van der Waals surface area contributed by atoms with Crippen molar-refractivity contribution in [2.24, 2.45) is 7.05 Å². The van der Waals surface area contributed by atoms with Crippen LogP contribution in [-0.4, -0.2) is 21.8 Å². The standard InChI is InChI=1S/C11H12ClFN4/c1-14-10(7-3-4-15-6-9(7)13)11-8(12)5-16-17(11)2/h3-6,10,14H,1-2H3. The zero-order chi connectivity index (χ0) is 12.4. The van der Waals surface area contributed by atoms with Gasteiger partial charge in [0, 0.05) is 18.8 Å². The zero-order valence-corrected chi connectivity index (χ0v) is 10.2. The van der Waals surface area contributed by atoms with E-state index in [1.165, 1.54) is 6.20 Å². The molecule has 0 saturated heterocycles. The molecule has 0 radical (unpaired) electrons. The first-order chi connectivity index (χ1) is 8.15. The smallest absolute Gasteiger partial charge is 0.146 e. The molecule has 17 heavy (non-hydrogen) atoms. The number of pyridine rings is 1. The van der Waals surface area contributed by atoms with Gasteiger partial charge >= 0.3 is 0 Å². The SMILES string of the molecule is CNC(c1ccncc1F)c1c(Cl)cnn1C. The van der Waals surface area contributed by atoms with E-state index in [9.17, 15) is 4.39 Å². The van der Waals surface area contributed by atoms with Crippen LogP contribution in [0.4, 0.5) is 4.39 Å². The van der Waals surface area contributed by atoms with Gasteiger partial charge in [-0.1, -0.05) is 11.6 Å². The summed E-state index contributed by atoms with van der Waals surface area (Å²) in [5.41, 5.74) is 1.22. The van der Waals surface area contributed by atoms with Crippen LogP contribution in [-0.2, 0) is 7.05 Å². The van der Waals surface area contributed by atoms with Crippen LogP contribution in [0, 0.1) is 5.82 Å². The lowest BCUT2D eigenvalue weighted by atomic mass is 10.0. The quantitative estimate of drug-likeness (QED) is 0.910. The molecule has 0 aliphatic rings. The maximum atomic E-state index is 13.7. The van der Waals surface area contributed by atoms with Gasteiger partial charge in [0.2, 0.25) is 0 Å².